The van der Waals surface area contributed by atoms with E-state index in [9.17, 15) is 0 Å². The third-order valence-corrected chi connectivity index (χ3v) is 3.30. The molecule has 0 aromatic carbocycles. The average molecular weight is 220 g/mol. The molecule has 1 rings (SSSR count). The zero-order valence-electron chi connectivity index (χ0n) is 9.34. The minimum absolute atomic E-state index is 0.339. The Labute approximate surface area is 92.6 Å². The lowest BCUT2D eigenvalue weighted by Gasteiger charge is -2.36. The van der Waals surface area contributed by atoms with E-state index in [4.69, 9.17) is 16.3 Å². The van der Waals surface area contributed by atoms with Crippen LogP contribution in [0.5, 0.6) is 0 Å². The van der Waals surface area contributed by atoms with Crippen molar-refractivity contribution >= 4 is 11.6 Å². The summed E-state index contributed by atoms with van der Waals surface area (Å²) in [5, 5.41) is 0. The quantitative estimate of drug-likeness (QED) is 0.659. The van der Waals surface area contributed by atoms with Crippen LogP contribution in [0.15, 0.2) is 0 Å². The highest BCUT2D eigenvalue weighted by atomic mass is 35.5. The third-order valence-electron chi connectivity index (χ3n) is 3.09. The monoisotopic (exact) mass is 219 g/mol. The van der Waals surface area contributed by atoms with Gasteiger partial charge in [-0.15, -0.1) is 11.6 Å². The molecule has 1 heterocycles. The van der Waals surface area contributed by atoms with E-state index in [0.29, 0.717) is 12.1 Å². The summed E-state index contributed by atoms with van der Waals surface area (Å²) in [4.78, 5) is 2.54. The highest BCUT2D eigenvalue weighted by Gasteiger charge is 2.22. The Morgan fingerprint density at radius 3 is 2.93 bits per heavy atom. The Hall–Kier alpha value is 0.210. The number of ether oxygens (including phenoxy) is 1. The lowest BCUT2D eigenvalue weighted by Crippen LogP contribution is -2.43. The van der Waals surface area contributed by atoms with Gasteiger partial charge < -0.3 is 4.74 Å². The van der Waals surface area contributed by atoms with E-state index in [2.05, 4.69) is 11.8 Å². The van der Waals surface area contributed by atoms with Gasteiger partial charge in [-0.3, -0.25) is 4.90 Å². The first-order valence-electron chi connectivity index (χ1n) is 5.60. The summed E-state index contributed by atoms with van der Waals surface area (Å²) in [5.41, 5.74) is 0. The van der Waals surface area contributed by atoms with E-state index in [1.165, 1.54) is 25.8 Å². The van der Waals surface area contributed by atoms with Gasteiger partial charge in [0.2, 0.25) is 0 Å². The summed E-state index contributed by atoms with van der Waals surface area (Å²) in [6.07, 6.45) is 5.46. The zero-order chi connectivity index (χ0) is 10.4. The molecule has 2 atom stereocenters. The smallest absolute Gasteiger partial charge is 0.0670 e. The Morgan fingerprint density at radius 1 is 1.50 bits per heavy atom. The SMILES string of the molecule is COC(C)CN1CCCCC1CCCl. The highest BCUT2D eigenvalue weighted by Crippen LogP contribution is 2.20. The normalized spacial score (nSPS) is 26.4. The second kappa shape index (κ2) is 6.65. The zero-order valence-corrected chi connectivity index (χ0v) is 10.1. The molecule has 0 spiro atoms. The van der Waals surface area contributed by atoms with Gasteiger partial charge in [0.05, 0.1) is 6.10 Å². The first kappa shape index (κ1) is 12.3. The first-order valence-corrected chi connectivity index (χ1v) is 6.14. The van der Waals surface area contributed by atoms with E-state index in [-0.39, 0.29) is 0 Å². The van der Waals surface area contributed by atoms with Crippen molar-refractivity contribution in [2.45, 2.75) is 44.8 Å². The molecule has 0 aliphatic carbocycles. The number of methoxy groups -OCH3 is 1. The topological polar surface area (TPSA) is 12.5 Å². The summed E-state index contributed by atoms with van der Waals surface area (Å²) in [6, 6.07) is 0.693. The average Bonchev–Trinajstić information content (AvgIpc) is 2.21. The van der Waals surface area contributed by atoms with Crippen LogP contribution in [-0.4, -0.2) is 43.1 Å². The molecule has 2 unspecified atom stereocenters. The van der Waals surface area contributed by atoms with Gasteiger partial charge in [0.25, 0.3) is 0 Å². The fourth-order valence-corrected chi connectivity index (χ4v) is 2.41. The standard InChI is InChI=1S/C11H22ClNO/c1-10(14-2)9-13-8-4-3-5-11(13)6-7-12/h10-11H,3-9H2,1-2H3. The molecule has 0 N–H and O–H groups in total. The molecule has 1 fully saturated rings. The van der Waals surface area contributed by atoms with E-state index >= 15 is 0 Å². The molecule has 3 heteroatoms. The summed E-state index contributed by atoms with van der Waals surface area (Å²) < 4.78 is 5.30. The van der Waals surface area contributed by atoms with Crippen LogP contribution < -0.4 is 0 Å². The summed E-state index contributed by atoms with van der Waals surface area (Å²) in [6.45, 7) is 4.40. The van der Waals surface area contributed by atoms with Crippen molar-refractivity contribution in [1.82, 2.24) is 4.90 Å². The van der Waals surface area contributed by atoms with Crippen LogP contribution >= 0.6 is 11.6 Å². The van der Waals surface area contributed by atoms with Crippen LogP contribution in [0.3, 0.4) is 0 Å². The third kappa shape index (κ3) is 3.76. The molecule has 0 bridgehead atoms. The first-order chi connectivity index (χ1) is 6.77. The summed E-state index contributed by atoms with van der Waals surface area (Å²) in [5.74, 6) is 0.780. The molecule has 0 aromatic heterocycles. The van der Waals surface area contributed by atoms with Crippen LogP contribution in [0.2, 0.25) is 0 Å². The van der Waals surface area contributed by atoms with Gasteiger partial charge in [0.15, 0.2) is 0 Å². The molecular weight excluding hydrogens is 198 g/mol. The van der Waals surface area contributed by atoms with Gasteiger partial charge in [-0.25, -0.2) is 0 Å². The predicted octanol–water partition coefficient (Wildman–Crippen LogP) is 2.50. The number of alkyl halides is 1. The van der Waals surface area contributed by atoms with Crippen LogP contribution in [-0.2, 0) is 4.74 Å². The minimum Gasteiger partial charge on any atom is -0.380 e. The van der Waals surface area contributed by atoms with Gasteiger partial charge in [-0.2, -0.15) is 0 Å². The van der Waals surface area contributed by atoms with Crippen molar-refractivity contribution in [3.63, 3.8) is 0 Å². The summed E-state index contributed by atoms with van der Waals surface area (Å²) in [7, 11) is 1.78. The number of hydrogen-bond donors (Lipinski definition) is 0. The van der Waals surface area contributed by atoms with Gasteiger partial charge in [-0.1, -0.05) is 6.42 Å². The molecule has 1 aliphatic heterocycles. The van der Waals surface area contributed by atoms with Crippen molar-refractivity contribution in [2.75, 3.05) is 26.1 Å². The highest BCUT2D eigenvalue weighted by molar-refractivity contribution is 6.17. The number of likely N-dealkylation sites (tertiary alicyclic amines) is 1. The molecule has 2 nitrogen and oxygen atoms in total. The van der Waals surface area contributed by atoms with Crippen molar-refractivity contribution in [3.8, 4) is 0 Å². The molecule has 0 saturated carbocycles. The van der Waals surface area contributed by atoms with Crippen molar-refractivity contribution in [3.05, 3.63) is 0 Å². The molecular formula is C11H22ClNO. The van der Waals surface area contributed by atoms with Crippen LogP contribution in [0, 0.1) is 0 Å². The van der Waals surface area contributed by atoms with E-state index in [1.807, 2.05) is 0 Å². The second-order valence-corrected chi connectivity index (χ2v) is 4.55. The predicted molar refractivity (Wildman–Crippen MR) is 61.0 cm³/mol. The van der Waals surface area contributed by atoms with Crippen LogP contribution in [0.4, 0.5) is 0 Å². The van der Waals surface area contributed by atoms with Crippen molar-refractivity contribution in [2.24, 2.45) is 0 Å². The number of rotatable bonds is 5. The molecule has 84 valence electrons. The van der Waals surface area contributed by atoms with Crippen LogP contribution in [0.25, 0.3) is 0 Å². The molecule has 1 aliphatic rings. The number of piperidine rings is 1. The Balaban J connectivity index is 2.37. The Kier molecular flexibility index (Phi) is 5.83. The molecule has 0 aromatic rings. The van der Waals surface area contributed by atoms with Gasteiger partial charge in [0, 0.05) is 25.6 Å². The summed E-state index contributed by atoms with van der Waals surface area (Å²) >= 11 is 5.81. The number of halogens is 1. The van der Waals surface area contributed by atoms with Gasteiger partial charge >= 0.3 is 0 Å². The van der Waals surface area contributed by atoms with E-state index in [0.717, 1.165) is 18.8 Å². The molecule has 0 amide bonds. The van der Waals surface area contributed by atoms with E-state index < -0.39 is 0 Å². The van der Waals surface area contributed by atoms with Crippen molar-refractivity contribution < 1.29 is 4.74 Å². The number of nitrogens with zero attached hydrogens (tertiary/aromatic N) is 1. The largest absolute Gasteiger partial charge is 0.380 e. The van der Waals surface area contributed by atoms with Gasteiger partial charge in [-0.05, 0) is 32.7 Å². The molecule has 14 heavy (non-hydrogen) atoms. The fourth-order valence-electron chi connectivity index (χ4n) is 2.16. The van der Waals surface area contributed by atoms with Gasteiger partial charge in [0.1, 0.15) is 0 Å². The Bertz CT molecular complexity index is 152. The van der Waals surface area contributed by atoms with E-state index in [1.54, 1.807) is 7.11 Å². The fraction of sp³-hybridized carbons (Fsp3) is 1.00. The maximum absolute atomic E-state index is 5.81. The number of hydrogen-bond acceptors (Lipinski definition) is 2. The lowest BCUT2D eigenvalue weighted by molar-refractivity contribution is 0.0455. The Morgan fingerprint density at radius 2 is 2.29 bits per heavy atom. The maximum atomic E-state index is 5.81. The lowest BCUT2D eigenvalue weighted by atomic mass is 9.99. The van der Waals surface area contributed by atoms with Crippen LogP contribution in [0.1, 0.15) is 32.6 Å². The molecule has 1 saturated heterocycles. The van der Waals surface area contributed by atoms with Crippen molar-refractivity contribution in [1.29, 1.82) is 0 Å². The molecule has 0 radical (unpaired) electrons. The second-order valence-electron chi connectivity index (χ2n) is 4.17. The minimum atomic E-state index is 0.339. The maximum Gasteiger partial charge on any atom is 0.0670 e.